The predicted molar refractivity (Wildman–Crippen MR) is 68.8 cm³/mol. The zero-order valence-electron chi connectivity index (χ0n) is 10.2. The monoisotopic (exact) mass is 244 g/mol. The van der Waals surface area contributed by atoms with Crippen molar-refractivity contribution in [1.82, 2.24) is 20.2 Å². The van der Waals surface area contributed by atoms with Crippen LogP contribution in [0, 0.1) is 0 Å². The highest BCUT2D eigenvalue weighted by atomic mass is 35.5. The van der Waals surface area contributed by atoms with E-state index in [0.717, 1.165) is 25.1 Å². The molecule has 92 valence electrons. The minimum atomic E-state index is 0. The van der Waals surface area contributed by atoms with Gasteiger partial charge in [-0.3, -0.25) is 0 Å². The average Bonchev–Trinajstić information content (AvgIpc) is 2.25. The Labute approximate surface area is 104 Å². The molecule has 16 heavy (non-hydrogen) atoms. The van der Waals surface area contributed by atoms with E-state index >= 15 is 0 Å². The third kappa shape index (κ3) is 5.39. The van der Waals surface area contributed by atoms with Crippen molar-refractivity contribution in [2.45, 2.75) is 25.9 Å². The van der Waals surface area contributed by atoms with Crippen molar-refractivity contribution in [1.29, 1.82) is 0 Å². The minimum Gasteiger partial charge on any atom is -0.311 e. The van der Waals surface area contributed by atoms with Crippen LogP contribution < -0.4 is 5.32 Å². The lowest BCUT2D eigenvalue weighted by atomic mass is 10.2. The molecule has 1 unspecified atom stereocenters. The molecule has 0 aliphatic rings. The van der Waals surface area contributed by atoms with E-state index in [9.17, 15) is 0 Å². The minimum absolute atomic E-state index is 0. The molecule has 1 atom stereocenters. The Hall–Kier alpha value is -0.710. The van der Waals surface area contributed by atoms with Crippen molar-refractivity contribution < 1.29 is 0 Å². The number of nitrogens with one attached hydrogen (secondary N) is 1. The van der Waals surface area contributed by atoms with Gasteiger partial charge in [-0.1, -0.05) is 6.92 Å². The van der Waals surface area contributed by atoms with Crippen molar-refractivity contribution >= 4 is 12.4 Å². The van der Waals surface area contributed by atoms with Crippen LogP contribution >= 0.6 is 12.4 Å². The highest BCUT2D eigenvalue weighted by molar-refractivity contribution is 5.85. The van der Waals surface area contributed by atoms with E-state index in [1.165, 1.54) is 0 Å². The van der Waals surface area contributed by atoms with E-state index in [4.69, 9.17) is 0 Å². The molecular formula is C11H21ClN4. The molecule has 0 spiro atoms. The summed E-state index contributed by atoms with van der Waals surface area (Å²) >= 11 is 0. The van der Waals surface area contributed by atoms with Crippen molar-refractivity contribution in [3.8, 4) is 0 Å². The van der Waals surface area contributed by atoms with Gasteiger partial charge < -0.3 is 10.2 Å². The molecule has 0 saturated heterocycles. The zero-order chi connectivity index (χ0) is 11.1. The Morgan fingerprint density at radius 3 is 2.44 bits per heavy atom. The fourth-order valence-corrected chi connectivity index (χ4v) is 1.50. The fraction of sp³-hybridized carbons (Fsp3) is 0.636. The van der Waals surface area contributed by atoms with E-state index in [2.05, 4.69) is 41.2 Å². The summed E-state index contributed by atoms with van der Waals surface area (Å²) in [7, 11) is 4.23. The number of hydrogen-bond donors (Lipinski definition) is 1. The van der Waals surface area contributed by atoms with Gasteiger partial charge in [0.2, 0.25) is 0 Å². The van der Waals surface area contributed by atoms with Gasteiger partial charge in [0.15, 0.2) is 0 Å². The number of nitrogens with zero attached hydrogens (tertiary/aromatic N) is 3. The van der Waals surface area contributed by atoms with Crippen LogP contribution in [0.4, 0.5) is 0 Å². The molecule has 0 aliphatic heterocycles. The van der Waals surface area contributed by atoms with Gasteiger partial charge >= 0.3 is 0 Å². The summed E-state index contributed by atoms with van der Waals surface area (Å²) in [6.45, 7) is 4.04. The fourth-order valence-electron chi connectivity index (χ4n) is 1.50. The normalized spacial score (nSPS) is 12.2. The molecule has 1 rings (SSSR count). The van der Waals surface area contributed by atoms with Crippen molar-refractivity contribution in [2.75, 3.05) is 20.6 Å². The lowest BCUT2D eigenvalue weighted by Crippen LogP contribution is -2.37. The van der Waals surface area contributed by atoms with Crippen LogP contribution in [0.5, 0.6) is 0 Å². The zero-order valence-corrected chi connectivity index (χ0v) is 11.0. The molecule has 0 aliphatic carbocycles. The van der Waals surface area contributed by atoms with Gasteiger partial charge in [0.05, 0.1) is 0 Å². The molecule has 1 heterocycles. The van der Waals surface area contributed by atoms with Crippen LogP contribution in [0.1, 0.15) is 18.9 Å². The summed E-state index contributed by atoms with van der Waals surface area (Å²) in [6.07, 6.45) is 6.40. The standard InChI is InChI=1S/C11H20N4.ClH/c1-4-11(15(2)3)8-12-5-10-6-13-9-14-7-10;/h6-7,9,11-12H,4-5,8H2,1-3H3;1H. The quantitative estimate of drug-likeness (QED) is 0.820. The molecule has 0 radical (unpaired) electrons. The number of halogens is 1. The van der Waals surface area contributed by atoms with Crippen LogP contribution in [-0.2, 0) is 6.54 Å². The van der Waals surface area contributed by atoms with Crippen molar-refractivity contribution in [2.24, 2.45) is 0 Å². The van der Waals surface area contributed by atoms with Gasteiger partial charge in [-0.2, -0.15) is 0 Å². The topological polar surface area (TPSA) is 41.1 Å². The van der Waals surface area contributed by atoms with Gasteiger partial charge in [0.1, 0.15) is 6.33 Å². The highest BCUT2D eigenvalue weighted by Crippen LogP contribution is 1.98. The second-order valence-corrected chi connectivity index (χ2v) is 3.90. The van der Waals surface area contributed by atoms with E-state index in [1.807, 2.05) is 12.4 Å². The number of likely N-dealkylation sites (N-methyl/N-ethyl adjacent to an activating group) is 1. The Morgan fingerprint density at radius 1 is 1.31 bits per heavy atom. The summed E-state index contributed by atoms with van der Waals surface area (Å²) in [4.78, 5) is 10.2. The van der Waals surface area contributed by atoms with E-state index in [0.29, 0.717) is 6.04 Å². The Bertz CT molecular complexity index is 266. The maximum atomic E-state index is 3.98. The molecule has 1 aromatic rings. The molecule has 5 heteroatoms. The van der Waals surface area contributed by atoms with Crippen LogP contribution in [0.25, 0.3) is 0 Å². The molecule has 0 amide bonds. The SMILES string of the molecule is CCC(CNCc1cncnc1)N(C)C.Cl. The largest absolute Gasteiger partial charge is 0.311 e. The molecular weight excluding hydrogens is 224 g/mol. The summed E-state index contributed by atoms with van der Waals surface area (Å²) in [5.41, 5.74) is 1.13. The van der Waals surface area contributed by atoms with Crippen LogP contribution in [0.2, 0.25) is 0 Å². The third-order valence-corrected chi connectivity index (χ3v) is 2.52. The van der Waals surface area contributed by atoms with Gasteiger partial charge in [-0.25, -0.2) is 9.97 Å². The van der Waals surface area contributed by atoms with Crippen LogP contribution in [0.3, 0.4) is 0 Å². The second-order valence-electron chi connectivity index (χ2n) is 3.90. The molecule has 0 bridgehead atoms. The van der Waals surface area contributed by atoms with Crippen molar-refractivity contribution in [3.63, 3.8) is 0 Å². The first kappa shape index (κ1) is 15.3. The first-order valence-corrected chi connectivity index (χ1v) is 5.35. The second kappa shape index (κ2) is 8.44. The highest BCUT2D eigenvalue weighted by Gasteiger charge is 2.07. The number of rotatable bonds is 6. The Balaban J connectivity index is 0.00000225. The summed E-state index contributed by atoms with van der Waals surface area (Å²) in [6, 6.07) is 0.592. The molecule has 1 aromatic heterocycles. The van der Waals surface area contributed by atoms with Gasteiger partial charge in [-0.15, -0.1) is 12.4 Å². The average molecular weight is 245 g/mol. The Kier molecular flexibility index (Phi) is 8.07. The first-order chi connectivity index (χ1) is 7.24. The van der Waals surface area contributed by atoms with Crippen LogP contribution in [-0.4, -0.2) is 41.5 Å². The van der Waals surface area contributed by atoms with E-state index in [-0.39, 0.29) is 12.4 Å². The maximum absolute atomic E-state index is 3.98. The van der Waals surface area contributed by atoms with Crippen LogP contribution in [0.15, 0.2) is 18.7 Å². The van der Waals surface area contributed by atoms with E-state index in [1.54, 1.807) is 6.33 Å². The summed E-state index contributed by atoms with van der Waals surface area (Å²) in [5, 5.41) is 3.41. The lowest BCUT2D eigenvalue weighted by molar-refractivity contribution is 0.276. The first-order valence-electron chi connectivity index (χ1n) is 5.35. The lowest BCUT2D eigenvalue weighted by Gasteiger charge is -2.23. The maximum Gasteiger partial charge on any atom is 0.115 e. The Morgan fingerprint density at radius 2 is 1.94 bits per heavy atom. The number of hydrogen-bond acceptors (Lipinski definition) is 4. The van der Waals surface area contributed by atoms with Gasteiger partial charge in [0, 0.05) is 37.1 Å². The smallest absolute Gasteiger partial charge is 0.115 e. The molecule has 0 fully saturated rings. The molecule has 4 nitrogen and oxygen atoms in total. The van der Waals surface area contributed by atoms with Gasteiger partial charge in [0.25, 0.3) is 0 Å². The third-order valence-electron chi connectivity index (χ3n) is 2.52. The number of aromatic nitrogens is 2. The van der Waals surface area contributed by atoms with E-state index < -0.39 is 0 Å². The van der Waals surface area contributed by atoms with Gasteiger partial charge in [-0.05, 0) is 20.5 Å². The molecule has 0 aromatic carbocycles. The summed E-state index contributed by atoms with van der Waals surface area (Å²) in [5.74, 6) is 0. The predicted octanol–water partition coefficient (Wildman–Crippen LogP) is 1.33. The molecule has 1 N–H and O–H groups in total. The van der Waals surface area contributed by atoms with Crippen molar-refractivity contribution in [3.05, 3.63) is 24.3 Å². The summed E-state index contributed by atoms with van der Waals surface area (Å²) < 4.78 is 0. The molecule has 0 saturated carbocycles.